The zero-order valence-corrected chi connectivity index (χ0v) is 43.9. The highest BCUT2D eigenvalue weighted by Crippen LogP contribution is 2.52. The number of hydrogen-bond acceptors (Lipinski definition) is 20. The van der Waals surface area contributed by atoms with Crippen LogP contribution in [0.2, 0.25) is 0 Å². The van der Waals surface area contributed by atoms with Crippen LogP contribution in [0, 0.1) is 28.5 Å². The summed E-state index contributed by atoms with van der Waals surface area (Å²) in [7, 11) is -4.97. The van der Waals surface area contributed by atoms with Crippen LogP contribution in [0.15, 0.2) is 61.2 Å². The molecule has 2 saturated heterocycles. The Hall–Kier alpha value is -5.24. The lowest BCUT2D eigenvalue weighted by Gasteiger charge is -2.26. The van der Waals surface area contributed by atoms with Crippen LogP contribution >= 0.6 is 7.82 Å². The second-order valence-electron chi connectivity index (χ2n) is 19.4. The number of rotatable bonds is 33. The second-order valence-corrected chi connectivity index (χ2v) is 21.1. The first kappa shape index (κ1) is 58.4. The van der Waals surface area contributed by atoms with Gasteiger partial charge in [-0.1, -0.05) is 121 Å². The largest absolute Gasteiger partial charge is 0.475 e. The standard InChI is InChI=1S/C52H72FN10O12P/c1-2-3-4-5-6-7-8-9-10-11-12-13-14-15-16-19-26-69-28-37(70-27-36-20-17-18-21-38(36)53)29-71-76(68,72-30-41-45(64)47(66)51(32-54,74-41)43-24-22-39-49(56)58-34-60-62(39)43)73-31-42-46(65)48(67)52(33-55,75-42)44-25-23-40-50(57)59-35-61-63(40)44/h17-18,20-25,34-35,37,41-42,45-48,64-67H,2-16,19,26-31H2,1H3,(H2,56,58,60)(H2,57,59,61)/t37-,41-,42-,45-,46-,47-,48-,51+,52+/m1/s1. The summed E-state index contributed by atoms with van der Waals surface area (Å²) in [6.45, 7) is 0.0989. The third-order valence-electron chi connectivity index (χ3n) is 14.1. The Balaban J connectivity index is 1.00. The van der Waals surface area contributed by atoms with Crippen LogP contribution in [-0.2, 0) is 54.9 Å². The number of benzene rings is 1. The number of nitrogens with two attached hydrogens (primary N) is 2. The van der Waals surface area contributed by atoms with Gasteiger partial charge in [0.25, 0.3) is 0 Å². The fourth-order valence-electron chi connectivity index (χ4n) is 9.65. The Kier molecular flexibility index (Phi) is 21.4. The molecule has 24 heteroatoms. The molecule has 0 aliphatic carbocycles. The van der Waals surface area contributed by atoms with E-state index in [-0.39, 0.29) is 52.8 Å². The van der Waals surface area contributed by atoms with E-state index in [1.165, 1.54) is 122 Å². The monoisotopic (exact) mass is 1080 g/mol. The van der Waals surface area contributed by atoms with Crippen LogP contribution in [0.25, 0.3) is 11.0 Å². The number of hydrogen-bond donors (Lipinski definition) is 6. The van der Waals surface area contributed by atoms with Gasteiger partial charge in [-0.05, 0) is 36.8 Å². The van der Waals surface area contributed by atoms with Gasteiger partial charge in [-0.3, -0.25) is 13.6 Å². The Bertz CT molecular complexity index is 2630. The molecule has 0 unspecified atom stereocenters. The van der Waals surface area contributed by atoms with E-state index in [2.05, 4.69) is 27.1 Å². The van der Waals surface area contributed by atoms with Crippen LogP contribution in [0.4, 0.5) is 16.0 Å². The molecule has 7 rings (SSSR count). The molecule has 4 aromatic heterocycles. The first-order valence-corrected chi connectivity index (χ1v) is 27.8. The molecule has 1 aromatic carbocycles. The van der Waals surface area contributed by atoms with Gasteiger partial charge in [0.15, 0.2) is 11.6 Å². The summed E-state index contributed by atoms with van der Waals surface area (Å²) in [5, 5.41) is 74.7. The van der Waals surface area contributed by atoms with Crippen LogP contribution in [0.1, 0.15) is 127 Å². The number of nitrogen functional groups attached to an aromatic ring is 2. The molecule has 2 fully saturated rings. The lowest BCUT2D eigenvalue weighted by Crippen LogP contribution is -2.41. The van der Waals surface area contributed by atoms with Crippen molar-refractivity contribution in [2.75, 3.05) is 44.5 Å². The van der Waals surface area contributed by atoms with Crippen molar-refractivity contribution in [1.82, 2.24) is 29.2 Å². The Morgan fingerprint density at radius 3 is 1.61 bits per heavy atom. The van der Waals surface area contributed by atoms with Crippen LogP contribution in [-0.4, -0.2) is 125 Å². The average molecular weight is 1080 g/mol. The number of phosphoric acid groups is 1. The molecule has 0 radical (unpaired) electrons. The smallest absolute Gasteiger partial charge is 0.387 e. The molecular weight excluding hydrogens is 1010 g/mol. The van der Waals surface area contributed by atoms with Gasteiger partial charge in [-0.2, -0.15) is 20.7 Å². The highest BCUT2D eigenvalue weighted by molar-refractivity contribution is 7.48. The highest BCUT2D eigenvalue weighted by atomic mass is 31.2. The van der Waals surface area contributed by atoms with Gasteiger partial charge in [-0.25, -0.2) is 28.0 Å². The van der Waals surface area contributed by atoms with Crippen LogP contribution in [0.3, 0.4) is 0 Å². The molecule has 414 valence electrons. The summed E-state index contributed by atoms with van der Waals surface area (Å²) in [6.07, 6.45) is 10.2. The molecule has 0 spiro atoms. The number of anilines is 2. The van der Waals surface area contributed by atoms with Gasteiger partial charge in [0.1, 0.15) is 84.4 Å². The maximum atomic E-state index is 14.9. The number of aliphatic hydroxyl groups is 4. The third kappa shape index (κ3) is 13.9. The minimum absolute atomic E-state index is 0.00456. The summed E-state index contributed by atoms with van der Waals surface area (Å²) < 4.78 is 73.8. The minimum atomic E-state index is -4.97. The molecule has 0 bridgehead atoms. The van der Waals surface area contributed by atoms with Gasteiger partial charge in [0.05, 0.1) is 44.4 Å². The fraction of sp³-hybridized carbons (Fsp3) is 0.615. The molecule has 8 N–H and O–H groups in total. The predicted octanol–water partition coefficient (Wildman–Crippen LogP) is 6.48. The van der Waals surface area contributed by atoms with Crippen LogP contribution in [0.5, 0.6) is 0 Å². The van der Waals surface area contributed by atoms with E-state index >= 15 is 0 Å². The maximum absolute atomic E-state index is 14.9. The van der Waals surface area contributed by atoms with Gasteiger partial charge in [-0.15, -0.1) is 0 Å². The first-order chi connectivity index (χ1) is 36.8. The van der Waals surface area contributed by atoms with Gasteiger partial charge in [0.2, 0.25) is 11.2 Å². The van der Waals surface area contributed by atoms with E-state index < -0.39 is 87.4 Å². The van der Waals surface area contributed by atoms with E-state index in [9.17, 15) is 39.9 Å². The van der Waals surface area contributed by atoms with E-state index in [0.29, 0.717) is 6.61 Å². The molecule has 2 aliphatic heterocycles. The average Bonchev–Trinajstić information content (AvgIpc) is 4.22. The van der Waals surface area contributed by atoms with Crippen molar-refractivity contribution in [3.63, 3.8) is 0 Å². The minimum Gasteiger partial charge on any atom is -0.387 e. The molecule has 6 heterocycles. The van der Waals surface area contributed by atoms with Crippen molar-refractivity contribution in [2.24, 2.45) is 0 Å². The molecule has 5 aromatic rings. The predicted molar refractivity (Wildman–Crippen MR) is 274 cm³/mol. The number of phosphoric ester groups is 1. The zero-order valence-electron chi connectivity index (χ0n) is 43.0. The van der Waals surface area contributed by atoms with Gasteiger partial charge in [0, 0.05) is 12.2 Å². The maximum Gasteiger partial charge on any atom is 0.475 e. The van der Waals surface area contributed by atoms with E-state index in [1.807, 2.05) is 12.1 Å². The van der Waals surface area contributed by atoms with Gasteiger partial charge >= 0.3 is 7.82 Å². The number of nitriles is 2. The zero-order chi connectivity index (χ0) is 54.1. The summed E-state index contributed by atoms with van der Waals surface area (Å²) in [5.41, 5.74) is 8.32. The van der Waals surface area contributed by atoms with Gasteiger partial charge < -0.3 is 50.8 Å². The SMILES string of the molecule is CCCCCCCCCCCCCCCCCCOC[C@H](COP(=O)(OC[C@H]1O[C@@](C#N)(c2ccc3c(N)ncnn23)[C@H](O)[C@@H]1O)OC[C@H]1O[C@@](C#N)(c2ccc3c(N)ncnn23)[C@H](O)[C@@H]1O)OCc1ccccc1F. The van der Waals surface area contributed by atoms with E-state index in [4.69, 9.17) is 44.0 Å². The third-order valence-corrected chi connectivity index (χ3v) is 15.5. The van der Waals surface area contributed by atoms with Crippen molar-refractivity contribution < 1.29 is 61.9 Å². The second kappa shape index (κ2) is 27.9. The number of nitrogens with zero attached hydrogens (tertiary/aromatic N) is 8. The van der Waals surface area contributed by atoms with Crippen molar-refractivity contribution in [3.8, 4) is 12.1 Å². The number of unbranched alkanes of at least 4 members (excludes halogenated alkanes) is 15. The summed E-state index contributed by atoms with van der Waals surface area (Å²) in [5.74, 6) is -0.385. The van der Waals surface area contributed by atoms with E-state index in [1.54, 1.807) is 12.1 Å². The van der Waals surface area contributed by atoms with Crippen LogP contribution < -0.4 is 11.5 Å². The Labute approximate surface area is 441 Å². The number of ether oxygens (including phenoxy) is 4. The quantitative estimate of drug-likeness (QED) is 0.0193. The van der Waals surface area contributed by atoms with Crippen molar-refractivity contribution in [2.45, 2.75) is 170 Å². The summed E-state index contributed by atoms with van der Waals surface area (Å²) >= 11 is 0. The lowest BCUT2D eigenvalue weighted by molar-refractivity contribution is -0.0803. The highest BCUT2D eigenvalue weighted by Gasteiger charge is 2.59. The number of aromatic nitrogens is 6. The fourth-order valence-corrected chi connectivity index (χ4v) is 10.9. The lowest BCUT2D eigenvalue weighted by atomic mass is 9.92. The first-order valence-electron chi connectivity index (χ1n) is 26.4. The van der Waals surface area contributed by atoms with Crippen molar-refractivity contribution in [1.29, 1.82) is 10.5 Å². The van der Waals surface area contributed by atoms with E-state index in [0.717, 1.165) is 38.3 Å². The molecule has 76 heavy (non-hydrogen) atoms. The summed E-state index contributed by atoms with van der Waals surface area (Å²) in [4.78, 5) is 7.89. The molecule has 9 atom stereocenters. The molecular formula is C52H72FN10O12P. The van der Waals surface area contributed by atoms with Crippen molar-refractivity contribution >= 4 is 30.5 Å². The number of halogens is 1. The Morgan fingerprint density at radius 1 is 0.684 bits per heavy atom. The topological polar surface area (TPSA) is 323 Å². The number of aliphatic hydroxyl groups excluding tert-OH is 4. The molecule has 0 saturated carbocycles. The molecule has 0 amide bonds. The summed E-state index contributed by atoms with van der Waals surface area (Å²) in [6, 6.07) is 15.7. The Morgan fingerprint density at radius 2 is 1.14 bits per heavy atom. The molecule has 22 nitrogen and oxygen atoms in total. The normalized spacial score (nSPS) is 24.1. The van der Waals surface area contributed by atoms with Crippen molar-refractivity contribution in [3.05, 3.63) is 84.0 Å². The number of fused-ring (bicyclic) bond motifs is 2. The molecule has 2 aliphatic rings.